The van der Waals surface area contributed by atoms with Gasteiger partial charge in [0.2, 0.25) is 0 Å². The maximum Gasteiger partial charge on any atom is 0.271 e. The van der Waals surface area contributed by atoms with Gasteiger partial charge in [0.15, 0.2) is 0 Å². The Kier molecular flexibility index (Phi) is 5.55. The first kappa shape index (κ1) is 14.9. The third-order valence-corrected chi connectivity index (χ3v) is 2.94. The third-order valence-electron chi connectivity index (χ3n) is 2.36. The molecule has 1 amide bonds. The van der Waals surface area contributed by atoms with Crippen molar-refractivity contribution in [1.82, 2.24) is 4.90 Å². The van der Waals surface area contributed by atoms with E-state index in [1.807, 2.05) is 6.92 Å². The van der Waals surface area contributed by atoms with Gasteiger partial charge in [0.1, 0.15) is 0 Å². The van der Waals surface area contributed by atoms with Gasteiger partial charge in [-0.25, -0.2) is 0 Å². The Balaban J connectivity index is 3.08. The first-order valence-electron chi connectivity index (χ1n) is 5.29. The van der Waals surface area contributed by atoms with Crippen LogP contribution in [0.4, 0.5) is 5.69 Å². The first-order chi connectivity index (χ1) is 8.49. The second-order valence-corrected chi connectivity index (χ2v) is 4.76. The summed E-state index contributed by atoms with van der Waals surface area (Å²) in [6.07, 6.45) is 0. The molecule has 0 aliphatic heterocycles. The number of hydrogen-bond donors (Lipinski definition) is 0. The lowest BCUT2D eigenvalue weighted by Crippen LogP contribution is -2.32. The van der Waals surface area contributed by atoms with E-state index in [0.29, 0.717) is 18.4 Å². The average Bonchev–Trinajstić information content (AvgIpc) is 2.34. The molecule has 1 aromatic rings. The van der Waals surface area contributed by atoms with E-state index >= 15 is 0 Å². The molecule has 0 unspecified atom stereocenters. The second-order valence-electron chi connectivity index (χ2n) is 3.53. The molecule has 0 saturated heterocycles. The Morgan fingerprint density at radius 1 is 1.50 bits per heavy atom. The summed E-state index contributed by atoms with van der Waals surface area (Å²) in [5.74, 6) is -0.262. The van der Waals surface area contributed by atoms with E-state index in [-0.39, 0.29) is 22.2 Å². The van der Waals surface area contributed by atoms with Crippen molar-refractivity contribution in [3.8, 4) is 0 Å². The molecule has 5 nitrogen and oxygen atoms in total. The Bertz CT molecular complexity index is 468. The molecule has 0 radical (unpaired) electrons. The highest BCUT2D eigenvalue weighted by molar-refractivity contribution is 9.09. The molecule has 18 heavy (non-hydrogen) atoms. The predicted octanol–water partition coefficient (Wildman–Crippen LogP) is 3.11. The van der Waals surface area contributed by atoms with Crippen LogP contribution in [-0.4, -0.2) is 34.2 Å². The number of hydrogen-bond acceptors (Lipinski definition) is 3. The van der Waals surface area contributed by atoms with Crippen LogP contribution in [0.1, 0.15) is 17.3 Å². The standard InChI is InChI=1S/C11H12BrClN2O3/c1-2-14(4-3-12)11(16)8-5-9(13)7-10(6-8)15(17)18/h5-7H,2-4H2,1H3. The third kappa shape index (κ3) is 3.68. The molecule has 0 saturated carbocycles. The zero-order chi connectivity index (χ0) is 13.7. The van der Waals surface area contributed by atoms with E-state index in [0.717, 1.165) is 0 Å². The van der Waals surface area contributed by atoms with Crippen molar-refractivity contribution in [2.75, 3.05) is 18.4 Å². The largest absolute Gasteiger partial charge is 0.338 e. The topological polar surface area (TPSA) is 63.5 Å². The van der Waals surface area contributed by atoms with Gasteiger partial charge < -0.3 is 4.90 Å². The highest BCUT2D eigenvalue weighted by atomic mass is 79.9. The molecular weight excluding hydrogens is 323 g/mol. The molecule has 0 heterocycles. The number of carbonyl (C=O) groups excluding carboxylic acids is 1. The van der Waals surface area contributed by atoms with Crippen LogP contribution < -0.4 is 0 Å². The van der Waals surface area contributed by atoms with Gasteiger partial charge in [-0.05, 0) is 13.0 Å². The van der Waals surface area contributed by atoms with E-state index in [4.69, 9.17) is 11.6 Å². The van der Waals surface area contributed by atoms with Crippen LogP contribution in [0.5, 0.6) is 0 Å². The first-order valence-corrected chi connectivity index (χ1v) is 6.79. The van der Waals surface area contributed by atoms with Gasteiger partial charge in [-0.1, -0.05) is 27.5 Å². The average molecular weight is 336 g/mol. The normalized spacial score (nSPS) is 10.2. The fraction of sp³-hybridized carbons (Fsp3) is 0.364. The lowest BCUT2D eigenvalue weighted by atomic mass is 10.1. The number of nitro groups is 1. The van der Waals surface area contributed by atoms with Crippen molar-refractivity contribution in [2.45, 2.75) is 6.92 Å². The van der Waals surface area contributed by atoms with Gasteiger partial charge in [0.05, 0.1) is 4.92 Å². The van der Waals surface area contributed by atoms with Crippen molar-refractivity contribution >= 4 is 39.1 Å². The van der Waals surface area contributed by atoms with Crippen LogP contribution in [0.15, 0.2) is 18.2 Å². The highest BCUT2D eigenvalue weighted by Gasteiger charge is 2.18. The molecule has 0 aromatic heterocycles. The summed E-state index contributed by atoms with van der Waals surface area (Å²) in [6.45, 7) is 2.92. The molecule has 0 N–H and O–H groups in total. The van der Waals surface area contributed by atoms with Gasteiger partial charge in [-0.3, -0.25) is 14.9 Å². The Morgan fingerprint density at radius 2 is 2.17 bits per heavy atom. The number of nitro benzene ring substituents is 1. The van der Waals surface area contributed by atoms with Crippen LogP contribution in [-0.2, 0) is 0 Å². The summed E-state index contributed by atoms with van der Waals surface area (Å²) in [6, 6.07) is 3.90. The number of benzene rings is 1. The van der Waals surface area contributed by atoms with E-state index in [1.165, 1.54) is 18.2 Å². The molecular formula is C11H12BrClN2O3. The monoisotopic (exact) mass is 334 g/mol. The Hall–Kier alpha value is -1.14. The number of non-ortho nitro benzene ring substituents is 1. The predicted molar refractivity (Wildman–Crippen MR) is 73.5 cm³/mol. The Labute approximate surface area is 118 Å². The zero-order valence-corrected chi connectivity index (χ0v) is 12.1. The molecule has 0 fully saturated rings. The summed E-state index contributed by atoms with van der Waals surface area (Å²) >= 11 is 9.03. The molecule has 0 spiro atoms. The fourth-order valence-corrected chi connectivity index (χ4v) is 2.15. The SMILES string of the molecule is CCN(CCBr)C(=O)c1cc(Cl)cc([N+](=O)[O-])c1. The number of amides is 1. The van der Waals surface area contributed by atoms with E-state index in [9.17, 15) is 14.9 Å². The Morgan fingerprint density at radius 3 is 2.67 bits per heavy atom. The molecule has 7 heteroatoms. The fourth-order valence-electron chi connectivity index (χ4n) is 1.49. The lowest BCUT2D eigenvalue weighted by molar-refractivity contribution is -0.384. The van der Waals surface area contributed by atoms with Crippen molar-refractivity contribution in [2.24, 2.45) is 0 Å². The second kappa shape index (κ2) is 6.70. The van der Waals surface area contributed by atoms with Gasteiger partial charge in [0, 0.05) is 41.1 Å². The van der Waals surface area contributed by atoms with Crippen LogP contribution in [0.2, 0.25) is 5.02 Å². The van der Waals surface area contributed by atoms with Crippen molar-refractivity contribution in [1.29, 1.82) is 0 Å². The number of alkyl halides is 1. The quantitative estimate of drug-likeness (QED) is 0.472. The van der Waals surface area contributed by atoms with E-state index in [2.05, 4.69) is 15.9 Å². The summed E-state index contributed by atoms with van der Waals surface area (Å²) in [4.78, 5) is 23.8. The van der Waals surface area contributed by atoms with Gasteiger partial charge in [0.25, 0.3) is 11.6 Å². The number of nitrogens with zero attached hydrogens (tertiary/aromatic N) is 2. The van der Waals surface area contributed by atoms with E-state index in [1.54, 1.807) is 4.90 Å². The van der Waals surface area contributed by atoms with Crippen LogP contribution in [0.25, 0.3) is 0 Å². The minimum atomic E-state index is -0.566. The summed E-state index contributed by atoms with van der Waals surface area (Å²) < 4.78 is 0. The maximum absolute atomic E-state index is 12.1. The number of halogens is 2. The molecule has 0 aliphatic rings. The zero-order valence-electron chi connectivity index (χ0n) is 9.73. The smallest absolute Gasteiger partial charge is 0.271 e. The molecule has 0 atom stereocenters. The highest BCUT2D eigenvalue weighted by Crippen LogP contribution is 2.21. The molecule has 1 rings (SSSR count). The summed E-state index contributed by atoms with van der Waals surface area (Å²) in [5.41, 5.74) is 0.0535. The minimum Gasteiger partial charge on any atom is -0.338 e. The van der Waals surface area contributed by atoms with Gasteiger partial charge in [-0.2, -0.15) is 0 Å². The van der Waals surface area contributed by atoms with Crippen molar-refractivity contribution < 1.29 is 9.72 Å². The molecule has 1 aromatic carbocycles. The molecule has 0 bridgehead atoms. The van der Waals surface area contributed by atoms with Gasteiger partial charge in [-0.15, -0.1) is 0 Å². The number of rotatable bonds is 5. The molecule has 98 valence electrons. The van der Waals surface area contributed by atoms with E-state index < -0.39 is 4.92 Å². The lowest BCUT2D eigenvalue weighted by Gasteiger charge is -2.19. The van der Waals surface area contributed by atoms with Crippen molar-refractivity contribution in [3.05, 3.63) is 38.9 Å². The van der Waals surface area contributed by atoms with Crippen LogP contribution >= 0.6 is 27.5 Å². The van der Waals surface area contributed by atoms with Crippen LogP contribution in [0.3, 0.4) is 0 Å². The minimum absolute atomic E-state index is 0.180. The van der Waals surface area contributed by atoms with Crippen molar-refractivity contribution in [3.63, 3.8) is 0 Å². The molecule has 0 aliphatic carbocycles. The van der Waals surface area contributed by atoms with Crippen LogP contribution in [0, 0.1) is 10.1 Å². The maximum atomic E-state index is 12.1. The summed E-state index contributed by atoms with van der Waals surface area (Å²) in [5, 5.41) is 11.5. The number of carbonyl (C=O) groups is 1. The summed E-state index contributed by atoms with van der Waals surface area (Å²) in [7, 11) is 0. The van der Waals surface area contributed by atoms with Gasteiger partial charge >= 0.3 is 0 Å².